The van der Waals surface area contributed by atoms with Crippen LogP contribution in [0.2, 0.25) is 0 Å². The van der Waals surface area contributed by atoms with Crippen LogP contribution in [-0.2, 0) is 0 Å². The lowest BCUT2D eigenvalue weighted by molar-refractivity contribution is 0.0456. The van der Waals surface area contributed by atoms with E-state index < -0.39 is 0 Å². The molecule has 2 rings (SSSR count). The maximum Gasteiger partial charge on any atom is 0.0695 e. The van der Waals surface area contributed by atoms with Gasteiger partial charge in [0.1, 0.15) is 0 Å². The first-order valence-electron chi connectivity index (χ1n) is 6.85. The molecule has 1 saturated heterocycles. The predicted molar refractivity (Wildman–Crippen MR) is 71.0 cm³/mol. The molecule has 0 spiro atoms. The molecule has 2 fully saturated rings. The van der Waals surface area contributed by atoms with Gasteiger partial charge in [-0.2, -0.15) is 11.8 Å². The van der Waals surface area contributed by atoms with E-state index in [0.29, 0.717) is 6.04 Å². The quantitative estimate of drug-likeness (QED) is 0.754. The number of hydrogen-bond acceptors (Lipinski definition) is 3. The smallest absolute Gasteiger partial charge is 0.0695 e. The van der Waals surface area contributed by atoms with Crippen molar-refractivity contribution >= 4 is 11.8 Å². The van der Waals surface area contributed by atoms with Crippen LogP contribution < -0.4 is 0 Å². The number of nitrogens with zero attached hydrogens (tertiary/aromatic N) is 1. The minimum absolute atomic E-state index is 0.0666. The number of rotatable bonds is 2. The van der Waals surface area contributed by atoms with Crippen LogP contribution in [-0.4, -0.2) is 46.2 Å². The first-order chi connectivity index (χ1) is 7.81. The Morgan fingerprint density at radius 2 is 2.06 bits per heavy atom. The minimum atomic E-state index is -0.0666. The molecule has 1 aliphatic carbocycles. The molecular weight excluding hydrogens is 218 g/mol. The van der Waals surface area contributed by atoms with Gasteiger partial charge in [0.25, 0.3) is 0 Å². The van der Waals surface area contributed by atoms with Crippen molar-refractivity contribution in [2.75, 3.05) is 18.8 Å². The van der Waals surface area contributed by atoms with Crippen molar-refractivity contribution < 1.29 is 5.11 Å². The fourth-order valence-electron chi connectivity index (χ4n) is 2.98. The van der Waals surface area contributed by atoms with Gasteiger partial charge in [-0.3, -0.25) is 4.90 Å². The zero-order valence-electron chi connectivity index (χ0n) is 10.4. The van der Waals surface area contributed by atoms with Crippen LogP contribution in [0.15, 0.2) is 0 Å². The van der Waals surface area contributed by atoms with E-state index in [4.69, 9.17) is 0 Å². The highest BCUT2D eigenvalue weighted by Crippen LogP contribution is 2.28. The van der Waals surface area contributed by atoms with Crippen molar-refractivity contribution in [2.24, 2.45) is 0 Å². The molecule has 0 aromatic rings. The van der Waals surface area contributed by atoms with E-state index in [2.05, 4.69) is 23.6 Å². The molecule has 2 nitrogen and oxygen atoms in total. The number of aliphatic hydroxyl groups is 1. The van der Waals surface area contributed by atoms with Gasteiger partial charge < -0.3 is 5.11 Å². The van der Waals surface area contributed by atoms with Crippen molar-refractivity contribution in [3.63, 3.8) is 0 Å². The topological polar surface area (TPSA) is 23.5 Å². The first-order valence-corrected chi connectivity index (χ1v) is 7.90. The summed E-state index contributed by atoms with van der Waals surface area (Å²) in [6.45, 7) is 4.66. The van der Waals surface area contributed by atoms with E-state index in [9.17, 15) is 5.11 Å². The lowest BCUT2D eigenvalue weighted by Gasteiger charge is -2.39. The highest BCUT2D eigenvalue weighted by Gasteiger charge is 2.30. The van der Waals surface area contributed by atoms with Crippen LogP contribution in [0.3, 0.4) is 0 Å². The summed E-state index contributed by atoms with van der Waals surface area (Å²) < 4.78 is 0. The van der Waals surface area contributed by atoms with E-state index in [0.717, 1.165) is 11.7 Å². The van der Waals surface area contributed by atoms with E-state index in [1.807, 2.05) is 0 Å². The van der Waals surface area contributed by atoms with Crippen LogP contribution in [0.5, 0.6) is 0 Å². The normalized spacial score (nSPS) is 38.2. The van der Waals surface area contributed by atoms with E-state index >= 15 is 0 Å². The van der Waals surface area contributed by atoms with Gasteiger partial charge in [-0.15, -0.1) is 0 Å². The molecule has 94 valence electrons. The van der Waals surface area contributed by atoms with Gasteiger partial charge >= 0.3 is 0 Å². The number of hydrogen-bond donors (Lipinski definition) is 1. The summed E-state index contributed by atoms with van der Waals surface area (Å²) >= 11 is 2.11. The molecule has 2 aliphatic rings. The monoisotopic (exact) mass is 243 g/mol. The molecule has 0 radical (unpaired) electrons. The molecule has 0 aromatic carbocycles. The van der Waals surface area contributed by atoms with Crippen molar-refractivity contribution in [3.05, 3.63) is 0 Å². The second-order valence-electron chi connectivity index (χ2n) is 5.17. The summed E-state index contributed by atoms with van der Waals surface area (Å²) in [5, 5.41) is 11.0. The van der Waals surface area contributed by atoms with Gasteiger partial charge in [0.05, 0.1) is 6.10 Å². The van der Waals surface area contributed by atoms with Gasteiger partial charge in [-0.25, -0.2) is 0 Å². The van der Waals surface area contributed by atoms with E-state index in [1.165, 1.54) is 50.9 Å². The lowest BCUT2D eigenvalue weighted by atomic mass is 10.0. The molecule has 16 heavy (non-hydrogen) atoms. The average Bonchev–Trinajstić information content (AvgIpc) is 2.54. The Balaban J connectivity index is 1.93. The summed E-state index contributed by atoms with van der Waals surface area (Å²) in [6.07, 6.45) is 7.27. The molecule has 1 aliphatic heterocycles. The van der Waals surface area contributed by atoms with E-state index in [1.54, 1.807) is 0 Å². The molecule has 0 bridgehead atoms. The second-order valence-corrected chi connectivity index (χ2v) is 6.58. The largest absolute Gasteiger partial charge is 0.391 e. The Kier molecular flexibility index (Phi) is 4.98. The zero-order valence-corrected chi connectivity index (χ0v) is 11.2. The van der Waals surface area contributed by atoms with Crippen LogP contribution in [0.4, 0.5) is 0 Å². The summed E-state index contributed by atoms with van der Waals surface area (Å²) in [4.78, 5) is 2.57. The fraction of sp³-hybridized carbons (Fsp3) is 1.00. The molecule has 3 unspecified atom stereocenters. The maximum atomic E-state index is 10.2. The number of thioether (sulfide) groups is 1. The molecule has 3 heteroatoms. The second kappa shape index (κ2) is 6.27. The summed E-state index contributed by atoms with van der Waals surface area (Å²) in [7, 11) is 0. The molecule has 0 aromatic heterocycles. The number of aliphatic hydroxyl groups excluding tert-OH is 1. The van der Waals surface area contributed by atoms with E-state index in [-0.39, 0.29) is 6.10 Å². The van der Waals surface area contributed by atoms with Crippen LogP contribution in [0, 0.1) is 0 Å². The molecule has 0 amide bonds. The summed E-state index contributed by atoms with van der Waals surface area (Å²) in [5.74, 6) is 1.25. The average molecular weight is 243 g/mol. The van der Waals surface area contributed by atoms with Gasteiger partial charge in [-0.1, -0.05) is 26.2 Å². The molecule has 1 N–H and O–H groups in total. The maximum absolute atomic E-state index is 10.2. The van der Waals surface area contributed by atoms with Gasteiger partial charge in [0, 0.05) is 30.1 Å². The lowest BCUT2D eigenvalue weighted by Crippen LogP contribution is -2.49. The predicted octanol–water partition coefficient (Wildman–Crippen LogP) is 2.51. The molecule has 1 saturated carbocycles. The summed E-state index contributed by atoms with van der Waals surface area (Å²) in [6, 6.07) is 0.456. The molecule has 3 atom stereocenters. The Labute approximate surface area is 104 Å². The minimum Gasteiger partial charge on any atom is -0.391 e. The molecular formula is C13H25NOS. The Morgan fingerprint density at radius 1 is 1.25 bits per heavy atom. The first kappa shape index (κ1) is 12.7. The SMILES string of the molecule is CCC1CN(C2CCCCCC2O)CCS1. The van der Waals surface area contributed by atoms with Gasteiger partial charge in [-0.05, 0) is 19.3 Å². The van der Waals surface area contributed by atoms with Crippen molar-refractivity contribution in [1.29, 1.82) is 0 Å². The third-order valence-corrected chi connectivity index (χ3v) is 5.41. The fourth-order valence-corrected chi connectivity index (χ4v) is 4.19. The van der Waals surface area contributed by atoms with Crippen LogP contribution in [0.25, 0.3) is 0 Å². The van der Waals surface area contributed by atoms with Crippen LogP contribution >= 0.6 is 11.8 Å². The van der Waals surface area contributed by atoms with Crippen molar-refractivity contribution in [2.45, 2.75) is 62.8 Å². The Hall–Kier alpha value is 0.270. The zero-order chi connectivity index (χ0) is 11.4. The van der Waals surface area contributed by atoms with Gasteiger partial charge in [0.2, 0.25) is 0 Å². The molecule has 1 heterocycles. The Bertz CT molecular complexity index is 212. The Morgan fingerprint density at radius 3 is 2.88 bits per heavy atom. The third-order valence-electron chi connectivity index (χ3n) is 4.04. The summed E-state index contributed by atoms with van der Waals surface area (Å²) in [5.41, 5.74) is 0. The van der Waals surface area contributed by atoms with Crippen molar-refractivity contribution in [3.8, 4) is 0 Å². The van der Waals surface area contributed by atoms with Crippen LogP contribution in [0.1, 0.15) is 45.4 Å². The highest BCUT2D eigenvalue weighted by atomic mass is 32.2. The highest BCUT2D eigenvalue weighted by molar-refractivity contribution is 8.00. The van der Waals surface area contributed by atoms with Crippen molar-refractivity contribution in [1.82, 2.24) is 4.90 Å². The van der Waals surface area contributed by atoms with Gasteiger partial charge in [0.15, 0.2) is 0 Å². The standard InChI is InChI=1S/C13H25NOS/c1-2-11-10-14(8-9-16-11)12-6-4-3-5-7-13(12)15/h11-13,15H,2-10H2,1H3. The third kappa shape index (κ3) is 3.14.